The van der Waals surface area contributed by atoms with E-state index < -0.39 is 31.0 Å². The molecule has 0 N–H and O–H groups in total. The highest BCUT2D eigenvalue weighted by Crippen LogP contribution is 2.37. The van der Waals surface area contributed by atoms with Crippen LogP contribution in [0.1, 0.15) is 33.3 Å². The molecule has 3 rings (SSSR count). The van der Waals surface area contributed by atoms with Crippen LogP contribution in [-0.4, -0.2) is 34.3 Å². The first-order chi connectivity index (χ1) is 12.5. The van der Waals surface area contributed by atoms with E-state index in [9.17, 15) is 13.2 Å². The second-order valence-corrected chi connectivity index (χ2v) is 7.54. The van der Waals surface area contributed by atoms with E-state index in [0.29, 0.717) is 5.46 Å². The van der Waals surface area contributed by atoms with Crippen molar-refractivity contribution in [3.63, 3.8) is 0 Å². The van der Waals surface area contributed by atoms with Gasteiger partial charge in [0.25, 0.3) is 0 Å². The predicted molar refractivity (Wildman–Crippen MR) is 94.8 cm³/mol. The molecule has 1 aromatic heterocycles. The van der Waals surface area contributed by atoms with Crippen molar-refractivity contribution in [1.29, 1.82) is 0 Å². The van der Waals surface area contributed by atoms with Crippen molar-refractivity contribution in [1.82, 2.24) is 9.78 Å². The molecule has 0 spiro atoms. The summed E-state index contributed by atoms with van der Waals surface area (Å²) in [5.74, 6) is -0.00493. The SMILES string of the molecule is CC1(C)OB(c2cnn(CC(F)(F)F)c2OCc2ccccc2)OC1(C)C. The number of benzene rings is 1. The van der Waals surface area contributed by atoms with E-state index in [2.05, 4.69) is 5.10 Å². The average molecular weight is 382 g/mol. The van der Waals surface area contributed by atoms with Crippen LogP contribution >= 0.6 is 0 Å². The Balaban J connectivity index is 1.89. The van der Waals surface area contributed by atoms with Crippen LogP contribution in [0.3, 0.4) is 0 Å². The van der Waals surface area contributed by atoms with Crippen molar-refractivity contribution < 1.29 is 27.2 Å². The fourth-order valence-electron chi connectivity index (χ4n) is 2.69. The molecule has 2 heterocycles. The fraction of sp³-hybridized carbons (Fsp3) is 0.500. The molecule has 1 saturated heterocycles. The molecule has 1 fully saturated rings. The molecule has 1 aromatic carbocycles. The zero-order chi connectivity index (χ0) is 19.9. The van der Waals surface area contributed by atoms with Gasteiger partial charge in [-0.1, -0.05) is 30.3 Å². The zero-order valence-electron chi connectivity index (χ0n) is 15.7. The maximum atomic E-state index is 12.9. The van der Waals surface area contributed by atoms with E-state index in [1.807, 2.05) is 58.0 Å². The second kappa shape index (κ2) is 6.87. The Morgan fingerprint density at radius 1 is 1.07 bits per heavy atom. The standard InChI is InChI=1S/C18H22BF3N2O3/c1-16(2)17(3,4)27-19(26-16)14-10-23-24(12-18(20,21)22)15(14)25-11-13-8-6-5-7-9-13/h5-10H,11-12H2,1-4H3. The first-order valence-corrected chi connectivity index (χ1v) is 8.63. The molecule has 0 aliphatic carbocycles. The minimum atomic E-state index is -4.43. The smallest absolute Gasteiger partial charge is 0.473 e. The van der Waals surface area contributed by atoms with Gasteiger partial charge in [-0.3, -0.25) is 0 Å². The number of alkyl halides is 3. The lowest BCUT2D eigenvalue weighted by Crippen LogP contribution is -2.41. The number of hydrogen-bond donors (Lipinski definition) is 0. The van der Waals surface area contributed by atoms with Gasteiger partial charge in [-0.25, -0.2) is 4.68 Å². The Labute approximate surface area is 156 Å². The van der Waals surface area contributed by atoms with Gasteiger partial charge in [0, 0.05) is 0 Å². The quantitative estimate of drug-likeness (QED) is 0.745. The van der Waals surface area contributed by atoms with Crippen LogP contribution < -0.4 is 10.2 Å². The highest BCUT2D eigenvalue weighted by molar-refractivity contribution is 6.63. The maximum absolute atomic E-state index is 12.9. The molecule has 1 aliphatic heterocycles. The monoisotopic (exact) mass is 382 g/mol. The van der Waals surface area contributed by atoms with Gasteiger partial charge >= 0.3 is 13.3 Å². The van der Waals surface area contributed by atoms with Gasteiger partial charge in [-0.15, -0.1) is 0 Å². The highest BCUT2D eigenvalue weighted by atomic mass is 19.4. The van der Waals surface area contributed by atoms with Crippen LogP contribution in [0.15, 0.2) is 36.5 Å². The number of halogens is 3. The van der Waals surface area contributed by atoms with Crippen molar-refractivity contribution in [2.75, 3.05) is 0 Å². The Hall–Kier alpha value is -2.00. The minimum Gasteiger partial charge on any atom is -0.473 e. The molecular weight excluding hydrogens is 360 g/mol. The third-order valence-corrected chi connectivity index (χ3v) is 4.87. The number of rotatable bonds is 5. The number of aromatic nitrogens is 2. The summed E-state index contributed by atoms with van der Waals surface area (Å²) in [4.78, 5) is 0. The van der Waals surface area contributed by atoms with Crippen molar-refractivity contribution in [3.05, 3.63) is 42.1 Å². The van der Waals surface area contributed by atoms with E-state index in [4.69, 9.17) is 14.0 Å². The third kappa shape index (κ3) is 4.30. The van der Waals surface area contributed by atoms with E-state index in [-0.39, 0.29) is 12.5 Å². The van der Waals surface area contributed by atoms with E-state index in [0.717, 1.165) is 10.2 Å². The molecule has 0 radical (unpaired) electrons. The molecule has 0 unspecified atom stereocenters. The summed E-state index contributed by atoms with van der Waals surface area (Å²) >= 11 is 0. The number of nitrogens with zero attached hydrogens (tertiary/aromatic N) is 2. The fourth-order valence-corrected chi connectivity index (χ4v) is 2.69. The Morgan fingerprint density at radius 2 is 1.67 bits per heavy atom. The minimum absolute atomic E-state index is 0.00493. The lowest BCUT2D eigenvalue weighted by Gasteiger charge is -2.32. The molecule has 27 heavy (non-hydrogen) atoms. The van der Waals surface area contributed by atoms with E-state index in [1.54, 1.807) is 0 Å². The van der Waals surface area contributed by atoms with Gasteiger partial charge < -0.3 is 14.0 Å². The molecule has 0 bridgehead atoms. The van der Waals surface area contributed by atoms with Crippen LogP contribution in [0, 0.1) is 0 Å². The van der Waals surface area contributed by atoms with Crippen LogP contribution in [0.25, 0.3) is 0 Å². The maximum Gasteiger partial charge on any atom is 0.502 e. The van der Waals surface area contributed by atoms with Gasteiger partial charge in [0.05, 0.1) is 22.9 Å². The summed E-state index contributed by atoms with van der Waals surface area (Å²) in [5, 5.41) is 3.87. The van der Waals surface area contributed by atoms with Gasteiger partial charge in [0.2, 0.25) is 5.88 Å². The van der Waals surface area contributed by atoms with Crippen molar-refractivity contribution in [3.8, 4) is 5.88 Å². The topological polar surface area (TPSA) is 45.5 Å². The summed E-state index contributed by atoms with van der Waals surface area (Å²) in [6.07, 6.45) is -3.11. The molecule has 2 aromatic rings. The van der Waals surface area contributed by atoms with Gasteiger partial charge in [0.1, 0.15) is 13.2 Å². The van der Waals surface area contributed by atoms with Crippen molar-refractivity contribution in [2.24, 2.45) is 0 Å². The average Bonchev–Trinajstić information content (AvgIpc) is 3.02. The van der Waals surface area contributed by atoms with E-state index >= 15 is 0 Å². The number of ether oxygens (including phenoxy) is 1. The molecule has 0 saturated carbocycles. The largest absolute Gasteiger partial charge is 0.502 e. The van der Waals surface area contributed by atoms with Gasteiger partial charge in [-0.2, -0.15) is 18.3 Å². The molecular formula is C18H22BF3N2O3. The highest BCUT2D eigenvalue weighted by Gasteiger charge is 2.53. The lowest BCUT2D eigenvalue weighted by atomic mass is 9.81. The lowest BCUT2D eigenvalue weighted by molar-refractivity contribution is -0.143. The summed E-state index contributed by atoms with van der Waals surface area (Å²) in [6, 6.07) is 9.19. The Bertz CT molecular complexity index is 775. The van der Waals surface area contributed by atoms with Crippen LogP contribution in [0.5, 0.6) is 5.88 Å². The first-order valence-electron chi connectivity index (χ1n) is 8.63. The summed E-state index contributed by atoms with van der Waals surface area (Å²) < 4.78 is 57.2. The summed E-state index contributed by atoms with van der Waals surface area (Å²) in [6.45, 7) is 6.35. The molecule has 9 heteroatoms. The molecule has 1 aliphatic rings. The van der Waals surface area contributed by atoms with Gasteiger partial charge in [-0.05, 0) is 33.3 Å². The molecule has 5 nitrogen and oxygen atoms in total. The molecule has 0 amide bonds. The van der Waals surface area contributed by atoms with Crippen LogP contribution in [-0.2, 0) is 22.5 Å². The van der Waals surface area contributed by atoms with Crippen molar-refractivity contribution >= 4 is 12.6 Å². The molecule has 0 atom stereocenters. The third-order valence-electron chi connectivity index (χ3n) is 4.87. The first kappa shape index (κ1) is 19.8. The summed E-state index contributed by atoms with van der Waals surface area (Å²) in [7, 11) is -0.859. The molecule has 146 valence electrons. The normalized spacial score (nSPS) is 18.7. The summed E-state index contributed by atoms with van der Waals surface area (Å²) in [5.41, 5.74) is -0.0768. The predicted octanol–water partition coefficient (Wildman–Crippen LogP) is 3.32. The Morgan fingerprint density at radius 3 is 2.22 bits per heavy atom. The zero-order valence-corrected chi connectivity index (χ0v) is 15.7. The van der Waals surface area contributed by atoms with Gasteiger partial charge in [0.15, 0.2) is 0 Å². The Kier molecular flexibility index (Phi) is 5.03. The van der Waals surface area contributed by atoms with Crippen molar-refractivity contribution in [2.45, 2.75) is 58.2 Å². The second-order valence-electron chi connectivity index (χ2n) is 7.54. The van der Waals surface area contributed by atoms with E-state index in [1.165, 1.54) is 6.20 Å². The van der Waals surface area contributed by atoms with Crippen LogP contribution in [0.2, 0.25) is 0 Å². The number of hydrogen-bond acceptors (Lipinski definition) is 4. The van der Waals surface area contributed by atoms with Crippen LogP contribution in [0.4, 0.5) is 13.2 Å².